The highest BCUT2D eigenvalue weighted by Crippen LogP contribution is 2.32. The molecule has 5 nitrogen and oxygen atoms in total. The van der Waals surface area contributed by atoms with Crippen LogP contribution in [-0.2, 0) is 9.59 Å². The number of nitrogens with one attached hydrogen (secondary N) is 3. The van der Waals surface area contributed by atoms with Crippen molar-refractivity contribution in [1.29, 1.82) is 0 Å². The Morgan fingerprint density at radius 3 is 2.78 bits per heavy atom. The van der Waals surface area contributed by atoms with Gasteiger partial charge in [0.2, 0.25) is 11.8 Å². The second-order valence-corrected chi connectivity index (χ2v) is 5.86. The van der Waals surface area contributed by atoms with Crippen molar-refractivity contribution in [3.8, 4) is 0 Å². The van der Waals surface area contributed by atoms with Crippen LogP contribution in [-0.4, -0.2) is 37.0 Å². The third-order valence-electron chi connectivity index (χ3n) is 4.61. The van der Waals surface area contributed by atoms with Crippen molar-refractivity contribution in [3.63, 3.8) is 0 Å². The van der Waals surface area contributed by atoms with Crippen LogP contribution < -0.4 is 16.0 Å². The fraction of sp³-hybridized carbons (Fsp3) is 0.846. The van der Waals surface area contributed by atoms with E-state index in [2.05, 4.69) is 16.0 Å². The molecule has 2 heterocycles. The molecular formula is C13H21N3O2. The molecule has 3 fully saturated rings. The van der Waals surface area contributed by atoms with E-state index in [0.717, 1.165) is 37.8 Å². The zero-order chi connectivity index (χ0) is 12.5. The first kappa shape index (κ1) is 12.0. The number of amides is 2. The smallest absolute Gasteiger partial charge is 0.242 e. The lowest BCUT2D eigenvalue weighted by atomic mass is 9.79. The fourth-order valence-corrected chi connectivity index (χ4v) is 3.54. The van der Waals surface area contributed by atoms with Crippen LogP contribution >= 0.6 is 0 Å². The van der Waals surface area contributed by atoms with E-state index in [1.807, 2.05) is 0 Å². The molecule has 2 amide bonds. The molecule has 0 aromatic rings. The van der Waals surface area contributed by atoms with E-state index in [0.29, 0.717) is 18.9 Å². The van der Waals surface area contributed by atoms with Gasteiger partial charge in [-0.2, -0.15) is 0 Å². The molecule has 3 rings (SSSR count). The van der Waals surface area contributed by atoms with Crippen molar-refractivity contribution < 1.29 is 9.59 Å². The molecule has 100 valence electrons. The Bertz CT molecular complexity index is 358. The second kappa shape index (κ2) is 4.88. The van der Waals surface area contributed by atoms with Crippen LogP contribution in [0.15, 0.2) is 0 Å². The van der Waals surface area contributed by atoms with Gasteiger partial charge in [-0.3, -0.25) is 9.59 Å². The van der Waals surface area contributed by atoms with E-state index >= 15 is 0 Å². The fourth-order valence-electron chi connectivity index (χ4n) is 3.54. The topological polar surface area (TPSA) is 70.2 Å². The summed E-state index contributed by atoms with van der Waals surface area (Å²) in [6, 6.07) is 0.00748. The van der Waals surface area contributed by atoms with Crippen LogP contribution in [0.5, 0.6) is 0 Å². The van der Waals surface area contributed by atoms with Gasteiger partial charge in [-0.25, -0.2) is 0 Å². The number of fused-ring (bicyclic) bond motifs is 1. The summed E-state index contributed by atoms with van der Waals surface area (Å²) in [4.78, 5) is 23.1. The summed E-state index contributed by atoms with van der Waals surface area (Å²) < 4.78 is 0. The van der Waals surface area contributed by atoms with Gasteiger partial charge in [0.15, 0.2) is 0 Å². The zero-order valence-electron chi connectivity index (χ0n) is 10.6. The Hall–Kier alpha value is -1.10. The first-order valence-corrected chi connectivity index (χ1v) is 7.03. The van der Waals surface area contributed by atoms with E-state index in [1.54, 1.807) is 0 Å². The van der Waals surface area contributed by atoms with Crippen LogP contribution in [0.4, 0.5) is 0 Å². The maximum atomic E-state index is 12.0. The van der Waals surface area contributed by atoms with Gasteiger partial charge in [0, 0.05) is 12.5 Å². The molecule has 0 aromatic carbocycles. The quantitative estimate of drug-likeness (QED) is 0.635. The monoisotopic (exact) mass is 251 g/mol. The average Bonchev–Trinajstić information content (AvgIpc) is 2.96. The van der Waals surface area contributed by atoms with Gasteiger partial charge in [-0.15, -0.1) is 0 Å². The first-order valence-electron chi connectivity index (χ1n) is 7.03. The lowest BCUT2D eigenvalue weighted by Crippen LogP contribution is -2.48. The Balaban J connectivity index is 1.50. The molecule has 4 atom stereocenters. The van der Waals surface area contributed by atoms with Gasteiger partial charge in [0.05, 0.1) is 0 Å². The maximum Gasteiger partial charge on any atom is 0.242 e. The molecule has 2 saturated heterocycles. The summed E-state index contributed by atoms with van der Waals surface area (Å²) in [7, 11) is 0. The highest BCUT2D eigenvalue weighted by Gasteiger charge is 2.35. The molecule has 0 aromatic heterocycles. The predicted molar refractivity (Wildman–Crippen MR) is 66.8 cm³/mol. The predicted octanol–water partition coefficient (Wildman–Crippen LogP) is -0.231. The van der Waals surface area contributed by atoms with Crippen LogP contribution in [0.25, 0.3) is 0 Å². The molecule has 3 aliphatic rings. The summed E-state index contributed by atoms with van der Waals surface area (Å²) in [6.45, 7) is 2.24. The van der Waals surface area contributed by atoms with Gasteiger partial charge in [-0.05, 0) is 50.6 Å². The Morgan fingerprint density at radius 1 is 1.17 bits per heavy atom. The molecule has 0 bridgehead atoms. The molecule has 0 radical (unpaired) electrons. The number of rotatable bonds is 2. The van der Waals surface area contributed by atoms with E-state index in [-0.39, 0.29) is 17.9 Å². The van der Waals surface area contributed by atoms with Crippen LogP contribution in [0.2, 0.25) is 0 Å². The van der Waals surface area contributed by atoms with Crippen molar-refractivity contribution in [2.75, 3.05) is 13.1 Å². The van der Waals surface area contributed by atoms with Gasteiger partial charge < -0.3 is 16.0 Å². The summed E-state index contributed by atoms with van der Waals surface area (Å²) in [5.74, 6) is 1.54. The van der Waals surface area contributed by atoms with E-state index in [1.165, 1.54) is 6.42 Å². The van der Waals surface area contributed by atoms with Crippen molar-refractivity contribution in [1.82, 2.24) is 16.0 Å². The van der Waals surface area contributed by atoms with Gasteiger partial charge >= 0.3 is 0 Å². The Kier molecular flexibility index (Phi) is 3.24. The lowest BCUT2D eigenvalue weighted by molar-refractivity contribution is -0.126. The summed E-state index contributed by atoms with van der Waals surface area (Å²) >= 11 is 0. The second-order valence-electron chi connectivity index (χ2n) is 5.86. The number of carbonyl (C=O) groups is 2. The van der Waals surface area contributed by atoms with E-state index < -0.39 is 0 Å². The average molecular weight is 251 g/mol. The third-order valence-corrected chi connectivity index (χ3v) is 4.61. The van der Waals surface area contributed by atoms with Crippen LogP contribution in [0.3, 0.4) is 0 Å². The molecule has 1 aliphatic carbocycles. The minimum absolute atomic E-state index is 0.00106. The number of hydrogen-bond acceptors (Lipinski definition) is 3. The third kappa shape index (κ3) is 2.36. The lowest BCUT2D eigenvalue weighted by Gasteiger charge is -2.32. The summed E-state index contributed by atoms with van der Waals surface area (Å²) in [5.41, 5.74) is 0. The maximum absolute atomic E-state index is 12.0. The molecule has 0 spiro atoms. The largest absolute Gasteiger partial charge is 0.352 e. The highest BCUT2D eigenvalue weighted by atomic mass is 16.2. The summed E-state index contributed by atoms with van der Waals surface area (Å²) in [6.07, 6.45) is 4.50. The van der Waals surface area contributed by atoms with Crippen molar-refractivity contribution in [2.24, 2.45) is 11.8 Å². The van der Waals surface area contributed by atoms with E-state index in [9.17, 15) is 9.59 Å². The first-order chi connectivity index (χ1) is 8.72. The van der Waals surface area contributed by atoms with Gasteiger partial charge in [0.25, 0.3) is 0 Å². The van der Waals surface area contributed by atoms with Crippen molar-refractivity contribution in [2.45, 2.75) is 44.2 Å². The summed E-state index contributed by atoms with van der Waals surface area (Å²) in [5, 5.41) is 9.27. The Morgan fingerprint density at radius 2 is 2.00 bits per heavy atom. The number of hydrogen-bond donors (Lipinski definition) is 3. The minimum Gasteiger partial charge on any atom is -0.352 e. The minimum atomic E-state index is -0.295. The highest BCUT2D eigenvalue weighted by molar-refractivity contribution is 5.90. The molecule has 2 aliphatic heterocycles. The van der Waals surface area contributed by atoms with E-state index in [4.69, 9.17) is 0 Å². The van der Waals surface area contributed by atoms with Gasteiger partial charge in [0.1, 0.15) is 6.04 Å². The SMILES string of the molecule is O=C1CCC(C(=O)NC2CC[C@H]3CNC[C@H]3C2)N1. The normalized spacial score (nSPS) is 39.2. The molecule has 5 heteroatoms. The Labute approximate surface area is 107 Å². The molecule has 2 unspecified atom stereocenters. The standard InChI is InChI=1S/C13H21N3O2/c17-12-4-3-11(16-12)13(18)15-10-2-1-8-6-14-7-9(8)5-10/h8-11,14H,1-7H2,(H,15,18)(H,16,17)/t8-,9+,10?,11?/m0/s1. The number of carbonyl (C=O) groups excluding carboxylic acids is 2. The van der Waals surface area contributed by atoms with Crippen LogP contribution in [0, 0.1) is 11.8 Å². The molecule has 18 heavy (non-hydrogen) atoms. The molecular weight excluding hydrogens is 230 g/mol. The van der Waals surface area contributed by atoms with Crippen molar-refractivity contribution >= 4 is 11.8 Å². The molecule has 3 N–H and O–H groups in total. The molecule has 1 saturated carbocycles. The van der Waals surface area contributed by atoms with Gasteiger partial charge in [-0.1, -0.05) is 0 Å². The van der Waals surface area contributed by atoms with Crippen molar-refractivity contribution in [3.05, 3.63) is 0 Å². The zero-order valence-corrected chi connectivity index (χ0v) is 10.6. The van der Waals surface area contributed by atoms with Crippen LogP contribution in [0.1, 0.15) is 32.1 Å².